The number of nitrogens with zero attached hydrogens (tertiary/aromatic N) is 2. The second kappa shape index (κ2) is 10.1. The van der Waals surface area contributed by atoms with Gasteiger partial charge in [0.25, 0.3) is 0 Å². The standard InChI is InChI=1S/C24H29BN2O/c1-6-7-18-24(22-14-10-8-11-15-22,23-16-12-9-13-17-23)28-25(19-26)27(20(2)3)21(4)5/h7-17,20-21H,1,18H2,2-5H3. The molecule has 4 heteroatoms. The van der Waals surface area contributed by atoms with Crippen LogP contribution in [-0.2, 0) is 10.3 Å². The van der Waals surface area contributed by atoms with Crippen molar-refractivity contribution in [1.29, 1.82) is 5.26 Å². The Kier molecular flexibility index (Phi) is 7.85. The number of benzene rings is 2. The molecular weight excluding hydrogens is 343 g/mol. The second-order valence-corrected chi connectivity index (χ2v) is 7.41. The number of nitriles is 1. The SMILES string of the molecule is C=C=CCC(OB(C#N)N(C(C)C)C(C)C)(c1ccccc1)c1ccccc1. The Labute approximate surface area is 170 Å². The van der Waals surface area contributed by atoms with E-state index in [0.717, 1.165) is 11.1 Å². The third-order valence-electron chi connectivity index (χ3n) is 4.90. The van der Waals surface area contributed by atoms with Gasteiger partial charge in [0.15, 0.2) is 0 Å². The highest BCUT2D eigenvalue weighted by atomic mass is 16.5. The van der Waals surface area contributed by atoms with Crippen LogP contribution in [0.1, 0.15) is 45.2 Å². The van der Waals surface area contributed by atoms with Crippen LogP contribution in [0.25, 0.3) is 0 Å². The van der Waals surface area contributed by atoms with Crippen LogP contribution in [0.15, 0.2) is 79.0 Å². The molecule has 0 saturated heterocycles. The maximum absolute atomic E-state index is 10.0. The van der Waals surface area contributed by atoms with Gasteiger partial charge in [0.2, 0.25) is 0 Å². The monoisotopic (exact) mass is 372 g/mol. The first-order valence-electron chi connectivity index (χ1n) is 9.76. The average molecular weight is 372 g/mol. The maximum atomic E-state index is 10.0. The van der Waals surface area contributed by atoms with E-state index in [1.165, 1.54) is 0 Å². The Hall–Kier alpha value is -2.57. The topological polar surface area (TPSA) is 36.3 Å². The molecule has 0 amide bonds. The summed E-state index contributed by atoms with van der Waals surface area (Å²) in [4.78, 5) is 2.10. The summed E-state index contributed by atoms with van der Waals surface area (Å²) in [6.45, 7) is 12.1. The molecule has 28 heavy (non-hydrogen) atoms. The lowest BCUT2D eigenvalue weighted by Crippen LogP contribution is -2.53. The molecule has 0 radical (unpaired) electrons. The van der Waals surface area contributed by atoms with Crippen LogP contribution in [0.5, 0.6) is 0 Å². The van der Waals surface area contributed by atoms with Gasteiger partial charge < -0.3 is 4.65 Å². The molecule has 0 aliphatic carbocycles. The van der Waals surface area contributed by atoms with Crippen LogP contribution < -0.4 is 0 Å². The number of rotatable bonds is 9. The molecule has 2 aromatic rings. The lowest BCUT2D eigenvalue weighted by molar-refractivity contribution is 0.0859. The van der Waals surface area contributed by atoms with Crippen LogP contribution in [-0.4, -0.2) is 23.9 Å². The quantitative estimate of drug-likeness (QED) is 0.440. The second-order valence-electron chi connectivity index (χ2n) is 7.41. The van der Waals surface area contributed by atoms with Gasteiger partial charge in [-0.3, -0.25) is 4.81 Å². The lowest BCUT2D eigenvalue weighted by Gasteiger charge is -2.40. The molecule has 0 unspecified atom stereocenters. The third-order valence-corrected chi connectivity index (χ3v) is 4.90. The highest BCUT2D eigenvalue weighted by molar-refractivity contribution is 6.57. The van der Waals surface area contributed by atoms with Gasteiger partial charge in [-0.05, 0) is 29.3 Å². The molecule has 3 nitrogen and oxygen atoms in total. The van der Waals surface area contributed by atoms with Gasteiger partial charge >= 0.3 is 7.05 Å². The normalized spacial score (nSPS) is 11.4. The molecule has 0 fully saturated rings. The van der Waals surface area contributed by atoms with Crippen LogP contribution in [0.2, 0.25) is 0 Å². The van der Waals surface area contributed by atoms with E-state index in [-0.39, 0.29) is 12.1 Å². The number of hydrogen-bond acceptors (Lipinski definition) is 3. The van der Waals surface area contributed by atoms with Crippen molar-refractivity contribution in [3.8, 4) is 5.97 Å². The van der Waals surface area contributed by atoms with Gasteiger partial charge in [-0.15, -0.1) is 5.73 Å². The van der Waals surface area contributed by atoms with Gasteiger partial charge in [0.1, 0.15) is 5.60 Å². The van der Waals surface area contributed by atoms with Crippen molar-refractivity contribution in [2.45, 2.75) is 51.8 Å². The Bertz CT molecular complexity index is 773. The minimum Gasteiger partial charge on any atom is -0.395 e. The van der Waals surface area contributed by atoms with E-state index in [0.29, 0.717) is 6.42 Å². The molecular formula is C24H29BN2O. The molecule has 144 valence electrons. The molecule has 0 atom stereocenters. The summed E-state index contributed by atoms with van der Waals surface area (Å²) in [5, 5.41) is 10.0. The van der Waals surface area contributed by atoms with Crippen LogP contribution in [0.4, 0.5) is 0 Å². The lowest BCUT2D eigenvalue weighted by atomic mass is 9.74. The molecule has 2 aromatic carbocycles. The fourth-order valence-corrected chi connectivity index (χ4v) is 3.70. The summed E-state index contributed by atoms with van der Waals surface area (Å²) in [5.74, 6) is 2.39. The van der Waals surface area contributed by atoms with Crippen molar-refractivity contribution in [3.05, 3.63) is 90.2 Å². The van der Waals surface area contributed by atoms with Gasteiger partial charge in [-0.2, -0.15) is 0 Å². The molecule has 2 rings (SSSR count). The third kappa shape index (κ3) is 4.83. The molecule has 0 aromatic heterocycles. The van der Waals surface area contributed by atoms with E-state index in [2.05, 4.69) is 50.8 Å². The summed E-state index contributed by atoms with van der Waals surface area (Å²) in [7, 11) is -0.696. The number of hydrogen-bond donors (Lipinski definition) is 0. The zero-order valence-electron chi connectivity index (χ0n) is 17.3. The fourth-order valence-electron chi connectivity index (χ4n) is 3.70. The zero-order valence-corrected chi connectivity index (χ0v) is 17.3. The molecule has 0 aliphatic rings. The smallest absolute Gasteiger partial charge is 0.395 e. The molecule has 0 saturated carbocycles. The molecule has 0 N–H and O–H groups in total. The van der Waals surface area contributed by atoms with Crippen LogP contribution >= 0.6 is 0 Å². The summed E-state index contributed by atoms with van der Waals surface area (Å²) in [6, 6.07) is 20.5. The van der Waals surface area contributed by atoms with Crippen molar-refractivity contribution in [3.63, 3.8) is 0 Å². The van der Waals surface area contributed by atoms with E-state index in [1.807, 2.05) is 66.7 Å². The van der Waals surface area contributed by atoms with Crippen LogP contribution in [0.3, 0.4) is 0 Å². The summed E-state index contributed by atoms with van der Waals surface area (Å²) in [6.07, 6.45) is 2.41. The summed E-state index contributed by atoms with van der Waals surface area (Å²) < 4.78 is 6.71. The van der Waals surface area contributed by atoms with Gasteiger partial charge in [-0.1, -0.05) is 94.9 Å². The largest absolute Gasteiger partial charge is 0.505 e. The Morgan fingerprint density at radius 3 is 1.82 bits per heavy atom. The van der Waals surface area contributed by atoms with Crippen LogP contribution in [0, 0.1) is 11.2 Å². The molecule has 0 spiro atoms. The Morgan fingerprint density at radius 1 is 1.00 bits per heavy atom. The first kappa shape index (κ1) is 21.7. The Balaban J connectivity index is 2.66. The Morgan fingerprint density at radius 2 is 1.46 bits per heavy atom. The van der Waals surface area contributed by atoms with E-state index in [1.54, 1.807) is 0 Å². The van der Waals surface area contributed by atoms with Gasteiger partial charge in [0, 0.05) is 6.42 Å². The van der Waals surface area contributed by atoms with Crippen molar-refractivity contribution in [2.75, 3.05) is 0 Å². The van der Waals surface area contributed by atoms with E-state index >= 15 is 0 Å². The maximum Gasteiger partial charge on any atom is 0.505 e. The minimum absolute atomic E-state index is 0.170. The van der Waals surface area contributed by atoms with Crippen molar-refractivity contribution < 1.29 is 4.65 Å². The summed E-state index contributed by atoms with van der Waals surface area (Å²) in [5.41, 5.74) is 4.07. The van der Waals surface area contributed by atoms with E-state index < -0.39 is 12.7 Å². The summed E-state index contributed by atoms with van der Waals surface area (Å²) >= 11 is 0. The minimum atomic E-state index is -0.810. The fraction of sp³-hybridized carbons (Fsp3) is 0.333. The average Bonchev–Trinajstić information content (AvgIpc) is 2.71. The van der Waals surface area contributed by atoms with E-state index in [9.17, 15) is 5.26 Å². The first-order chi connectivity index (χ1) is 13.5. The first-order valence-corrected chi connectivity index (χ1v) is 9.76. The van der Waals surface area contributed by atoms with Gasteiger partial charge in [-0.25, -0.2) is 5.26 Å². The van der Waals surface area contributed by atoms with E-state index in [4.69, 9.17) is 4.65 Å². The van der Waals surface area contributed by atoms with Crippen molar-refractivity contribution in [2.24, 2.45) is 0 Å². The van der Waals surface area contributed by atoms with Crippen molar-refractivity contribution in [1.82, 2.24) is 4.81 Å². The predicted molar refractivity (Wildman–Crippen MR) is 117 cm³/mol. The zero-order chi connectivity index (χ0) is 20.6. The van der Waals surface area contributed by atoms with Crippen molar-refractivity contribution >= 4 is 7.05 Å². The molecule has 0 aliphatic heterocycles. The highest BCUT2D eigenvalue weighted by Crippen LogP contribution is 2.38. The highest BCUT2D eigenvalue weighted by Gasteiger charge is 2.42. The van der Waals surface area contributed by atoms with Gasteiger partial charge in [0.05, 0.1) is 5.97 Å². The predicted octanol–water partition coefficient (Wildman–Crippen LogP) is 5.35. The molecule has 0 heterocycles. The molecule has 0 bridgehead atoms.